The monoisotopic (exact) mass is 232 g/mol. The zero-order valence-electron chi connectivity index (χ0n) is 10.0. The molecule has 0 unspecified atom stereocenters. The molecule has 1 N–H and O–H groups in total. The van der Waals surface area contributed by atoms with Gasteiger partial charge in [-0.05, 0) is 12.0 Å². The van der Waals surface area contributed by atoms with Crippen LogP contribution in [0, 0.1) is 0 Å². The minimum atomic E-state index is -0.218. The number of rotatable bonds is 2. The van der Waals surface area contributed by atoms with E-state index in [2.05, 4.69) is 34.9 Å². The van der Waals surface area contributed by atoms with E-state index in [4.69, 9.17) is 0 Å². The summed E-state index contributed by atoms with van der Waals surface area (Å²) in [6, 6.07) is 2.08. The molecule has 0 spiro atoms. The third kappa shape index (κ3) is 1.67. The van der Waals surface area contributed by atoms with E-state index >= 15 is 0 Å². The molecule has 17 heavy (non-hydrogen) atoms. The second kappa shape index (κ2) is 3.70. The van der Waals surface area contributed by atoms with E-state index in [9.17, 15) is 5.11 Å². The van der Waals surface area contributed by atoms with Crippen molar-refractivity contribution in [3.8, 4) is 0 Å². The molecule has 2 aromatic rings. The fraction of sp³-hybridized carbons (Fsp3) is 0.500. The Bertz CT molecular complexity index is 542. The Kier molecular flexibility index (Phi) is 2.29. The van der Waals surface area contributed by atoms with Crippen molar-refractivity contribution < 1.29 is 5.11 Å². The van der Waals surface area contributed by atoms with E-state index in [0.29, 0.717) is 19.0 Å². The molecule has 0 aromatic carbocycles. The fourth-order valence-electron chi connectivity index (χ4n) is 2.08. The van der Waals surface area contributed by atoms with Gasteiger partial charge in [0.25, 0.3) is 0 Å². The van der Waals surface area contributed by atoms with Gasteiger partial charge in [0.15, 0.2) is 5.82 Å². The lowest BCUT2D eigenvalue weighted by atomic mass is 10.1. The Balaban J connectivity index is 2.06. The van der Waals surface area contributed by atoms with Gasteiger partial charge in [0.1, 0.15) is 5.52 Å². The molecule has 0 bridgehead atoms. The predicted molar refractivity (Wildman–Crippen MR) is 65.3 cm³/mol. The average Bonchev–Trinajstić information content (AvgIpc) is 2.68. The summed E-state index contributed by atoms with van der Waals surface area (Å²) in [7, 11) is 0. The van der Waals surface area contributed by atoms with Crippen LogP contribution in [0.1, 0.15) is 25.5 Å². The van der Waals surface area contributed by atoms with Crippen LogP contribution in [0.3, 0.4) is 0 Å². The first kappa shape index (κ1) is 10.5. The molecular weight excluding hydrogens is 216 g/mol. The molecule has 1 aliphatic rings. The molecule has 0 amide bonds. The van der Waals surface area contributed by atoms with E-state index in [1.54, 1.807) is 6.20 Å². The second-order valence-electron chi connectivity index (χ2n) is 4.86. The first-order valence-electron chi connectivity index (χ1n) is 5.92. The van der Waals surface area contributed by atoms with Crippen molar-refractivity contribution in [2.75, 3.05) is 18.0 Å². The molecule has 0 saturated carbocycles. The zero-order valence-corrected chi connectivity index (χ0v) is 10.0. The molecule has 90 valence electrons. The summed E-state index contributed by atoms with van der Waals surface area (Å²) in [5.74, 6) is 1.32. The highest BCUT2D eigenvalue weighted by molar-refractivity contribution is 5.70. The van der Waals surface area contributed by atoms with Crippen LogP contribution in [0.5, 0.6) is 0 Å². The van der Waals surface area contributed by atoms with Gasteiger partial charge in [-0.25, -0.2) is 9.50 Å². The highest BCUT2D eigenvalue weighted by Gasteiger charge is 2.27. The summed E-state index contributed by atoms with van der Waals surface area (Å²) in [5, 5.41) is 13.9. The maximum absolute atomic E-state index is 9.35. The van der Waals surface area contributed by atoms with E-state index in [1.165, 1.54) is 0 Å². The molecule has 0 radical (unpaired) electrons. The number of β-amino-alcohol motifs (C(OH)–C–C–N with tert-alkyl or cyclic N) is 1. The Morgan fingerprint density at radius 3 is 2.82 bits per heavy atom. The van der Waals surface area contributed by atoms with Crippen molar-refractivity contribution in [1.29, 1.82) is 0 Å². The normalized spacial score (nSPS) is 16.8. The average molecular weight is 232 g/mol. The molecule has 2 aromatic heterocycles. The van der Waals surface area contributed by atoms with Gasteiger partial charge in [0, 0.05) is 25.5 Å². The molecule has 0 atom stereocenters. The third-order valence-corrected chi connectivity index (χ3v) is 3.14. The summed E-state index contributed by atoms with van der Waals surface area (Å²) in [4.78, 5) is 6.47. The zero-order chi connectivity index (χ0) is 12.0. The predicted octanol–water partition coefficient (Wildman–Crippen LogP) is 1.03. The number of hydrogen-bond donors (Lipinski definition) is 1. The van der Waals surface area contributed by atoms with Gasteiger partial charge in [-0.2, -0.15) is 5.10 Å². The largest absolute Gasteiger partial charge is 0.389 e. The minimum Gasteiger partial charge on any atom is -0.389 e. The van der Waals surface area contributed by atoms with Crippen LogP contribution in [-0.4, -0.2) is 38.9 Å². The number of nitrogens with zero attached hydrogens (tertiary/aromatic N) is 4. The van der Waals surface area contributed by atoms with Crippen LogP contribution in [0.15, 0.2) is 18.5 Å². The lowest BCUT2D eigenvalue weighted by Crippen LogP contribution is -2.51. The van der Waals surface area contributed by atoms with Crippen molar-refractivity contribution >= 4 is 11.3 Å². The van der Waals surface area contributed by atoms with Gasteiger partial charge in [-0.1, -0.05) is 13.8 Å². The van der Waals surface area contributed by atoms with E-state index in [1.807, 2.05) is 10.7 Å². The van der Waals surface area contributed by atoms with E-state index in [-0.39, 0.29) is 6.10 Å². The molecule has 1 saturated heterocycles. The molecule has 5 nitrogen and oxygen atoms in total. The fourth-order valence-corrected chi connectivity index (χ4v) is 2.08. The Labute approximate surface area is 99.7 Å². The Hall–Kier alpha value is -1.62. The highest BCUT2D eigenvalue weighted by Crippen LogP contribution is 2.25. The van der Waals surface area contributed by atoms with Gasteiger partial charge in [-0.15, -0.1) is 0 Å². The van der Waals surface area contributed by atoms with E-state index < -0.39 is 0 Å². The Morgan fingerprint density at radius 1 is 1.41 bits per heavy atom. The van der Waals surface area contributed by atoms with Crippen LogP contribution in [0.4, 0.5) is 5.82 Å². The number of hydrogen-bond acceptors (Lipinski definition) is 4. The summed E-state index contributed by atoms with van der Waals surface area (Å²) in [6.07, 6.45) is 3.40. The molecule has 5 heteroatoms. The Morgan fingerprint density at radius 2 is 2.18 bits per heavy atom. The first-order valence-corrected chi connectivity index (χ1v) is 5.92. The van der Waals surface area contributed by atoms with Crippen molar-refractivity contribution in [3.05, 3.63) is 24.2 Å². The lowest BCUT2D eigenvalue weighted by Gasteiger charge is -2.36. The molecule has 1 fully saturated rings. The van der Waals surface area contributed by atoms with Crippen molar-refractivity contribution in [1.82, 2.24) is 14.6 Å². The summed E-state index contributed by atoms with van der Waals surface area (Å²) < 4.78 is 1.86. The molecule has 1 aliphatic heterocycles. The maximum Gasteiger partial charge on any atom is 0.154 e. The maximum atomic E-state index is 9.35. The molecular formula is C12H16N4O. The van der Waals surface area contributed by atoms with Crippen LogP contribution in [-0.2, 0) is 0 Å². The number of aliphatic hydroxyl groups excluding tert-OH is 1. The van der Waals surface area contributed by atoms with E-state index in [0.717, 1.165) is 17.0 Å². The molecule has 3 heterocycles. The minimum absolute atomic E-state index is 0.218. The summed E-state index contributed by atoms with van der Waals surface area (Å²) >= 11 is 0. The SMILES string of the molecule is CC(C)c1cc2c(N3CC(O)C3)nccn2n1. The van der Waals surface area contributed by atoms with Crippen molar-refractivity contribution in [2.45, 2.75) is 25.9 Å². The smallest absolute Gasteiger partial charge is 0.154 e. The number of aromatic nitrogens is 3. The van der Waals surface area contributed by atoms with Crippen LogP contribution in [0.25, 0.3) is 5.52 Å². The summed E-state index contributed by atoms with van der Waals surface area (Å²) in [5.41, 5.74) is 2.09. The van der Waals surface area contributed by atoms with Crippen molar-refractivity contribution in [3.63, 3.8) is 0 Å². The van der Waals surface area contributed by atoms with Gasteiger partial charge in [-0.3, -0.25) is 0 Å². The lowest BCUT2D eigenvalue weighted by molar-refractivity contribution is 0.141. The standard InChI is InChI=1S/C12H16N4O/c1-8(2)10-5-11-12(15-6-9(17)7-15)13-3-4-16(11)14-10/h3-5,8-9,17H,6-7H2,1-2H3. The summed E-state index contributed by atoms with van der Waals surface area (Å²) in [6.45, 7) is 5.58. The van der Waals surface area contributed by atoms with Gasteiger partial charge < -0.3 is 10.0 Å². The van der Waals surface area contributed by atoms with Gasteiger partial charge in [0.2, 0.25) is 0 Å². The molecule has 3 rings (SSSR count). The number of aliphatic hydroxyl groups is 1. The number of anilines is 1. The topological polar surface area (TPSA) is 53.7 Å². The van der Waals surface area contributed by atoms with Gasteiger partial charge in [0.05, 0.1) is 11.8 Å². The van der Waals surface area contributed by atoms with Crippen LogP contribution in [0.2, 0.25) is 0 Å². The van der Waals surface area contributed by atoms with Gasteiger partial charge >= 0.3 is 0 Å². The molecule has 0 aliphatic carbocycles. The number of fused-ring (bicyclic) bond motifs is 1. The second-order valence-corrected chi connectivity index (χ2v) is 4.86. The third-order valence-electron chi connectivity index (χ3n) is 3.14. The van der Waals surface area contributed by atoms with Crippen LogP contribution < -0.4 is 4.90 Å². The first-order chi connectivity index (χ1) is 8.15. The van der Waals surface area contributed by atoms with Crippen molar-refractivity contribution in [2.24, 2.45) is 0 Å². The van der Waals surface area contributed by atoms with Crippen LogP contribution >= 0.6 is 0 Å². The highest BCUT2D eigenvalue weighted by atomic mass is 16.3. The quantitative estimate of drug-likeness (QED) is 0.840.